The molecule has 0 bridgehead atoms. The van der Waals surface area contributed by atoms with Gasteiger partial charge in [-0.15, -0.1) is 0 Å². The summed E-state index contributed by atoms with van der Waals surface area (Å²) in [6, 6.07) is 6.99. The molecule has 198 valence electrons. The van der Waals surface area contributed by atoms with Gasteiger partial charge in [0.2, 0.25) is 0 Å². The minimum absolute atomic E-state index is 0.189. The van der Waals surface area contributed by atoms with Gasteiger partial charge in [-0.25, -0.2) is 4.79 Å². The summed E-state index contributed by atoms with van der Waals surface area (Å²) in [6.45, 7) is 16.6. The van der Waals surface area contributed by atoms with Crippen LogP contribution in [0.3, 0.4) is 0 Å². The maximum atomic E-state index is 11.9. The molecule has 0 spiro atoms. The van der Waals surface area contributed by atoms with Crippen LogP contribution in [0.15, 0.2) is 29.8 Å². The first-order valence-electron chi connectivity index (χ1n) is 14.4. The van der Waals surface area contributed by atoms with Crippen LogP contribution in [0, 0.1) is 17.3 Å². The molecular weight excluding hydrogens is 464 g/mol. The number of benzene rings is 1. The lowest BCUT2D eigenvalue weighted by Gasteiger charge is -2.53. The standard InChI is InChI=1S/C31H46O4Si/c1-19(2)36(20(3)4,21(5)6)35-24-9-11-25-22(16-24)8-10-27-26(25)12-14-30(7)28(27)13-15-31(30,33)23-17-29(32)34-18-23/h9,11,16-17,19-21,26-28,33H,8,10,12-15,18H2,1-7H3/t26-,27-,28+,30+,31-/m1/s1. The molecule has 5 rings (SSSR count). The van der Waals surface area contributed by atoms with Gasteiger partial charge in [-0.05, 0) is 96.2 Å². The molecule has 2 fully saturated rings. The molecule has 1 heterocycles. The number of hydrogen-bond acceptors (Lipinski definition) is 4. The van der Waals surface area contributed by atoms with Gasteiger partial charge in [-0.3, -0.25) is 0 Å². The van der Waals surface area contributed by atoms with Crippen molar-refractivity contribution in [2.75, 3.05) is 6.61 Å². The minimum atomic E-state index is -1.98. The number of aryl methyl sites for hydroxylation is 1. The summed E-state index contributed by atoms with van der Waals surface area (Å²) in [6.07, 6.45) is 7.68. The third kappa shape index (κ3) is 3.66. The Morgan fingerprint density at radius 2 is 1.72 bits per heavy atom. The van der Waals surface area contributed by atoms with Crippen LogP contribution in [0.1, 0.15) is 97.6 Å². The number of esters is 1. The highest BCUT2D eigenvalue weighted by Crippen LogP contribution is 2.66. The lowest BCUT2D eigenvalue weighted by Crippen LogP contribution is -2.52. The zero-order valence-corrected chi connectivity index (χ0v) is 24.4. The van der Waals surface area contributed by atoms with E-state index in [0.717, 1.165) is 43.4 Å². The van der Waals surface area contributed by atoms with Crippen LogP contribution < -0.4 is 4.43 Å². The van der Waals surface area contributed by atoms with Gasteiger partial charge in [0, 0.05) is 17.1 Å². The number of ether oxygens (including phenoxy) is 1. The van der Waals surface area contributed by atoms with Crippen molar-refractivity contribution in [3.63, 3.8) is 0 Å². The van der Waals surface area contributed by atoms with Crippen molar-refractivity contribution in [3.05, 3.63) is 41.0 Å². The molecule has 5 atom stereocenters. The predicted molar refractivity (Wildman–Crippen MR) is 147 cm³/mol. The van der Waals surface area contributed by atoms with E-state index in [1.54, 1.807) is 6.08 Å². The third-order valence-electron chi connectivity index (χ3n) is 11.0. The molecule has 0 unspecified atom stereocenters. The van der Waals surface area contributed by atoms with Gasteiger partial charge in [0.15, 0.2) is 0 Å². The topological polar surface area (TPSA) is 55.8 Å². The largest absolute Gasteiger partial charge is 0.543 e. The zero-order valence-electron chi connectivity index (χ0n) is 23.4. The minimum Gasteiger partial charge on any atom is -0.543 e. The maximum Gasteiger partial charge on any atom is 0.331 e. The quantitative estimate of drug-likeness (QED) is 0.322. The fourth-order valence-corrected chi connectivity index (χ4v) is 14.6. The first-order chi connectivity index (χ1) is 16.9. The van der Waals surface area contributed by atoms with Gasteiger partial charge in [-0.1, -0.05) is 54.5 Å². The highest BCUT2D eigenvalue weighted by molar-refractivity contribution is 6.78. The van der Waals surface area contributed by atoms with Crippen molar-refractivity contribution in [1.82, 2.24) is 0 Å². The van der Waals surface area contributed by atoms with Gasteiger partial charge in [0.05, 0.1) is 5.60 Å². The second-order valence-electron chi connectivity index (χ2n) is 13.3. The van der Waals surface area contributed by atoms with Crippen molar-refractivity contribution < 1.29 is 19.1 Å². The fraction of sp³-hybridized carbons (Fsp3) is 0.710. The molecule has 4 nitrogen and oxygen atoms in total. The van der Waals surface area contributed by atoms with E-state index in [1.165, 1.54) is 17.5 Å². The van der Waals surface area contributed by atoms with Gasteiger partial charge in [-0.2, -0.15) is 0 Å². The first kappa shape index (κ1) is 26.0. The Bertz CT molecular complexity index is 1040. The van der Waals surface area contributed by atoms with Crippen LogP contribution in [0.2, 0.25) is 16.6 Å². The summed E-state index contributed by atoms with van der Waals surface area (Å²) in [4.78, 5) is 11.8. The number of cyclic esters (lactones) is 1. The number of fused-ring (bicyclic) bond motifs is 5. The lowest BCUT2D eigenvalue weighted by molar-refractivity contribution is -0.135. The molecule has 0 saturated heterocycles. The van der Waals surface area contributed by atoms with E-state index in [-0.39, 0.29) is 18.0 Å². The molecule has 0 amide bonds. The summed E-state index contributed by atoms with van der Waals surface area (Å²) >= 11 is 0. The molecule has 36 heavy (non-hydrogen) atoms. The normalized spacial score (nSPS) is 33.9. The van der Waals surface area contributed by atoms with E-state index in [9.17, 15) is 9.90 Å². The summed E-state index contributed by atoms with van der Waals surface area (Å²) in [5.41, 5.74) is 4.38. The van der Waals surface area contributed by atoms with Gasteiger partial charge >= 0.3 is 5.97 Å². The van der Waals surface area contributed by atoms with E-state index in [1.807, 2.05) is 0 Å². The van der Waals surface area contributed by atoms with Crippen LogP contribution in [0.25, 0.3) is 0 Å². The van der Waals surface area contributed by atoms with Crippen LogP contribution in [0.5, 0.6) is 5.75 Å². The Hall–Kier alpha value is -1.59. The zero-order chi connectivity index (χ0) is 26.0. The van der Waals surface area contributed by atoms with Crippen LogP contribution in [0.4, 0.5) is 0 Å². The lowest BCUT2D eigenvalue weighted by atomic mass is 9.52. The van der Waals surface area contributed by atoms with Gasteiger partial charge in [0.25, 0.3) is 8.32 Å². The number of aliphatic hydroxyl groups is 1. The second-order valence-corrected chi connectivity index (χ2v) is 18.7. The summed E-state index contributed by atoms with van der Waals surface area (Å²) in [5, 5.41) is 11.9. The van der Waals surface area contributed by atoms with Crippen molar-refractivity contribution in [2.24, 2.45) is 17.3 Å². The second kappa shape index (κ2) is 9.01. The van der Waals surface area contributed by atoms with Gasteiger partial charge in [0.1, 0.15) is 12.4 Å². The SMILES string of the molecule is CC(C)[Si](Oc1ccc2c(c1)CC[C@@H]1[C@@H]2CC[C@@]2(C)[C@H]1CC[C@@]2(O)C1=CC(=O)OC1)(C(C)C)C(C)C. The molecule has 1 N–H and O–H groups in total. The van der Waals surface area contributed by atoms with Crippen LogP contribution in [-0.2, 0) is 16.0 Å². The van der Waals surface area contributed by atoms with E-state index in [2.05, 4.69) is 66.7 Å². The fourth-order valence-electron chi connectivity index (χ4n) is 9.34. The van der Waals surface area contributed by atoms with Crippen molar-refractivity contribution in [2.45, 2.75) is 115 Å². The summed E-state index contributed by atoms with van der Waals surface area (Å²) in [7, 11) is -1.98. The Balaban J connectivity index is 1.41. The molecule has 2 saturated carbocycles. The van der Waals surface area contributed by atoms with E-state index >= 15 is 0 Å². The number of hydrogen-bond donors (Lipinski definition) is 1. The van der Waals surface area contributed by atoms with Crippen LogP contribution >= 0.6 is 0 Å². The molecule has 3 aliphatic carbocycles. The molecular formula is C31H46O4Si. The third-order valence-corrected chi connectivity index (χ3v) is 17.0. The number of carbonyl (C=O) groups excluding carboxylic acids is 1. The molecule has 4 aliphatic rings. The number of carbonyl (C=O) groups is 1. The molecule has 1 aliphatic heterocycles. The highest BCUT2D eigenvalue weighted by atomic mass is 28.4. The molecule has 1 aromatic carbocycles. The Kier molecular flexibility index (Phi) is 6.51. The van der Waals surface area contributed by atoms with Crippen molar-refractivity contribution in [1.29, 1.82) is 0 Å². The Morgan fingerprint density at radius 3 is 2.33 bits per heavy atom. The van der Waals surface area contributed by atoms with E-state index in [4.69, 9.17) is 9.16 Å². The van der Waals surface area contributed by atoms with Crippen molar-refractivity contribution in [3.8, 4) is 5.75 Å². The van der Waals surface area contributed by atoms with Crippen molar-refractivity contribution >= 4 is 14.3 Å². The summed E-state index contributed by atoms with van der Waals surface area (Å²) < 4.78 is 12.2. The smallest absolute Gasteiger partial charge is 0.331 e. The average Bonchev–Trinajstić information content (AvgIpc) is 3.38. The molecule has 1 aromatic rings. The van der Waals surface area contributed by atoms with Crippen LogP contribution in [-0.4, -0.2) is 31.6 Å². The van der Waals surface area contributed by atoms with Gasteiger partial charge < -0.3 is 14.3 Å². The monoisotopic (exact) mass is 510 g/mol. The summed E-state index contributed by atoms with van der Waals surface area (Å²) in [5.74, 6) is 2.39. The average molecular weight is 511 g/mol. The Morgan fingerprint density at radius 1 is 1.03 bits per heavy atom. The Labute approximate surface area is 219 Å². The first-order valence-corrected chi connectivity index (χ1v) is 16.5. The predicted octanol–water partition coefficient (Wildman–Crippen LogP) is 7.31. The maximum absolute atomic E-state index is 11.9. The number of rotatable bonds is 6. The highest BCUT2D eigenvalue weighted by Gasteiger charge is 2.63. The molecule has 0 radical (unpaired) electrons. The molecule has 0 aromatic heterocycles. The molecule has 5 heteroatoms. The van der Waals surface area contributed by atoms with E-state index < -0.39 is 13.9 Å². The van der Waals surface area contributed by atoms with E-state index in [0.29, 0.717) is 34.4 Å².